The molecule has 0 radical (unpaired) electrons. The molecule has 19 heavy (non-hydrogen) atoms. The van der Waals surface area contributed by atoms with Crippen molar-refractivity contribution in [2.75, 3.05) is 0 Å². The first-order valence-electron chi connectivity index (χ1n) is 6.83. The van der Waals surface area contributed by atoms with Gasteiger partial charge in [-0.25, -0.2) is 0 Å². The van der Waals surface area contributed by atoms with E-state index in [9.17, 15) is 0 Å². The Balaban J connectivity index is 4.86. The summed E-state index contributed by atoms with van der Waals surface area (Å²) in [4.78, 5) is 0. The Morgan fingerprint density at radius 3 is 2.37 bits per heavy atom. The first-order chi connectivity index (χ1) is 8.74. The quantitative estimate of drug-likeness (QED) is 0.370. The summed E-state index contributed by atoms with van der Waals surface area (Å²) >= 11 is 5.49. The maximum absolute atomic E-state index is 6.33. The van der Waals surface area contributed by atoms with Crippen LogP contribution in [-0.4, -0.2) is 14.4 Å². The predicted molar refractivity (Wildman–Crippen MR) is 88.9 cm³/mol. The minimum Gasteiger partial charge on any atom is -0.403 e. The highest BCUT2D eigenvalue weighted by Crippen LogP contribution is 2.37. The molecule has 1 atom stereocenters. The Morgan fingerprint density at radius 1 is 1.26 bits per heavy atom. The van der Waals surface area contributed by atoms with Gasteiger partial charge < -0.3 is 4.43 Å². The second kappa shape index (κ2) is 8.63. The number of hydrogen-bond acceptors (Lipinski definition) is 1. The molecule has 0 aromatic rings. The van der Waals surface area contributed by atoms with E-state index < -0.39 is 8.32 Å². The molecular weight excluding hydrogens is 272 g/mol. The minimum atomic E-state index is -1.78. The summed E-state index contributed by atoms with van der Waals surface area (Å²) in [6.07, 6.45) is 7.78. The van der Waals surface area contributed by atoms with Gasteiger partial charge in [0.05, 0.1) is 0 Å². The van der Waals surface area contributed by atoms with Crippen LogP contribution in [0.25, 0.3) is 0 Å². The van der Waals surface area contributed by atoms with Crippen LogP contribution in [-0.2, 0) is 4.43 Å². The molecule has 0 saturated carbocycles. The smallest absolute Gasteiger partial charge is 0.193 e. The molecule has 0 heterocycles. The lowest BCUT2D eigenvalue weighted by molar-refractivity contribution is 0.236. The van der Waals surface area contributed by atoms with Gasteiger partial charge in [-0.2, -0.15) is 0 Å². The minimum absolute atomic E-state index is 0.0449. The zero-order chi connectivity index (χ0) is 14.9. The van der Waals surface area contributed by atoms with Crippen LogP contribution < -0.4 is 0 Å². The predicted octanol–water partition coefficient (Wildman–Crippen LogP) is 5.49. The van der Waals surface area contributed by atoms with Crippen LogP contribution >= 0.6 is 11.6 Å². The first kappa shape index (κ1) is 18.5. The highest BCUT2D eigenvalue weighted by molar-refractivity contribution is 6.74. The topological polar surface area (TPSA) is 9.23 Å². The van der Waals surface area contributed by atoms with Crippen LogP contribution in [0.4, 0.5) is 0 Å². The average molecular weight is 299 g/mol. The molecule has 0 aromatic heterocycles. The zero-order valence-electron chi connectivity index (χ0n) is 13.1. The van der Waals surface area contributed by atoms with Gasteiger partial charge in [-0.05, 0) is 30.6 Å². The van der Waals surface area contributed by atoms with Crippen molar-refractivity contribution in [2.45, 2.75) is 64.8 Å². The second-order valence-corrected chi connectivity index (χ2v) is 11.1. The van der Waals surface area contributed by atoms with E-state index in [1.165, 1.54) is 5.54 Å². The molecule has 0 saturated heterocycles. The second-order valence-electron chi connectivity index (χ2n) is 6.06. The summed E-state index contributed by atoms with van der Waals surface area (Å²) in [5.74, 6) is 6.08. The highest BCUT2D eigenvalue weighted by atomic mass is 35.5. The SMILES string of the molecule is CC/C=C\CC(C#C/C=C\Cl)O[Si](C)(C)C(C)(C)C. The van der Waals surface area contributed by atoms with Gasteiger partial charge in [0.1, 0.15) is 6.10 Å². The van der Waals surface area contributed by atoms with Crippen LogP contribution in [0.15, 0.2) is 23.8 Å². The first-order valence-corrected chi connectivity index (χ1v) is 10.2. The van der Waals surface area contributed by atoms with Crippen molar-refractivity contribution in [3.63, 3.8) is 0 Å². The lowest BCUT2D eigenvalue weighted by atomic mass is 10.2. The molecule has 0 aliphatic heterocycles. The van der Waals surface area contributed by atoms with Crippen molar-refractivity contribution in [1.29, 1.82) is 0 Å². The molecule has 0 rings (SSSR count). The van der Waals surface area contributed by atoms with Gasteiger partial charge in [-0.3, -0.25) is 0 Å². The highest BCUT2D eigenvalue weighted by Gasteiger charge is 2.38. The van der Waals surface area contributed by atoms with Gasteiger partial charge in [-0.15, -0.1) is 0 Å². The van der Waals surface area contributed by atoms with Crippen molar-refractivity contribution in [3.05, 3.63) is 23.8 Å². The molecule has 0 aliphatic rings. The normalized spacial score (nSPS) is 14.7. The molecule has 0 amide bonds. The molecule has 1 unspecified atom stereocenters. The van der Waals surface area contributed by atoms with Crippen molar-refractivity contribution < 1.29 is 4.43 Å². The summed E-state index contributed by atoms with van der Waals surface area (Å²) < 4.78 is 6.33. The molecule has 0 aliphatic carbocycles. The molecule has 108 valence electrons. The zero-order valence-corrected chi connectivity index (χ0v) is 14.8. The monoisotopic (exact) mass is 298 g/mol. The Bertz CT molecular complexity index is 366. The molecule has 1 nitrogen and oxygen atoms in total. The van der Waals surface area contributed by atoms with Crippen molar-refractivity contribution in [3.8, 4) is 11.8 Å². The van der Waals surface area contributed by atoms with Gasteiger partial charge in [-0.1, -0.05) is 63.3 Å². The average Bonchev–Trinajstić information content (AvgIpc) is 2.27. The standard InChI is InChI=1S/C16H27ClOSi/c1-7-8-9-12-15(13-10-11-14-17)18-19(5,6)16(2,3)4/h8-9,11,14-15H,7,12H2,1-6H3/b9-8-,14-11-. The van der Waals surface area contributed by atoms with Gasteiger partial charge in [0.2, 0.25) is 0 Å². The number of halogens is 1. The molecule has 0 bridgehead atoms. The van der Waals surface area contributed by atoms with Gasteiger partial charge in [0, 0.05) is 12.0 Å². The summed E-state index contributed by atoms with van der Waals surface area (Å²) in [5.41, 5.74) is 1.43. The molecule has 0 spiro atoms. The Hall–Kier alpha value is -0.493. The van der Waals surface area contributed by atoms with Crippen LogP contribution in [0.5, 0.6) is 0 Å². The van der Waals surface area contributed by atoms with Crippen LogP contribution in [0.1, 0.15) is 40.5 Å². The fourth-order valence-electron chi connectivity index (χ4n) is 1.23. The van der Waals surface area contributed by atoms with Crippen molar-refractivity contribution in [1.82, 2.24) is 0 Å². The molecule has 0 N–H and O–H groups in total. The third kappa shape index (κ3) is 7.62. The van der Waals surface area contributed by atoms with E-state index in [-0.39, 0.29) is 11.1 Å². The molecule has 0 fully saturated rings. The van der Waals surface area contributed by atoms with Gasteiger partial charge >= 0.3 is 0 Å². The third-order valence-electron chi connectivity index (χ3n) is 3.39. The summed E-state index contributed by atoms with van der Waals surface area (Å²) in [5, 5.41) is 0.198. The summed E-state index contributed by atoms with van der Waals surface area (Å²) in [6, 6.07) is 0. The molecule has 3 heteroatoms. The van der Waals surface area contributed by atoms with E-state index in [0.29, 0.717) is 0 Å². The van der Waals surface area contributed by atoms with Crippen molar-refractivity contribution >= 4 is 19.9 Å². The molecule has 0 aromatic carbocycles. The van der Waals surface area contributed by atoms with E-state index >= 15 is 0 Å². The molecular formula is C16H27ClOSi. The van der Waals surface area contributed by atoms with E-state index in [1.54, 1.807) is 6.08 Å². The largest absolute Gasteiger partial charge is 0.403 e. The Morgan fingerprint density at radius 2 is 1.89 bits per heavy atom. The lowest BCUT2D eigenvalue weighted by Crippen LogP contribution is -2.43. The van der Waals surface area contributed by atoms with E-state index in [1.807, 2.05) is 0 Å². The fraction of sp³-hybridized carbons (Fsp3) is 0.625. The Kier molecular flexibility index (Phi) is 8.41. The van der Waals surface area contributed by atoms with Crippen LogP contribution in [0, 0.1) is 11.8 Å². The van der Waals surface area contributed by atoms with E-state index in [0.717, 1.165) is 12.8 Å². The number of hydrogen-bond donors (Lipinski definition) is 0. The maximum atomic E-state index is 6.33. The number of rotatable bonds is 5. The summed E-state index contributed by atoms with van der Waals surface area (Å²) in [7, 11) is -1.78. The van der Waals surface area contributed by atoms with E-state index in [2.05, 4.69) is 64.8 Å². The maximum Gasteiger partial charge on any atom is 0.193 e. The third-order valence-corrected chi connectivity index (χ3v) is 8.00. The van der Waals surface area contributed by atoms with E-state index in [4.69, 9.17) is 16.0 Å². The van der Waals surface area contributed by atoms with Crippen LogP contribution in [0.2, 0.25) is 18.1 Å². The summed E-state index contributed by atoms with van der Waals surface area (Å²) in [6.45, 7) is 13.4. The van der Waals surface area contributed by atoms with Gasteiger partial charge in [0.25, 0.3) is 0 Å². The van der Waals surface area contributed by atoms with Gasteiger partial charge in [0.15, 0.2) is 8.32 Å². The lowest BCUT2D eigenvalue weighted by Gasteiger charge is -2.37. The fourth-order valence-corrected chi connectivity index (χ4v) is 2.51. The number of allylic oxidation sites excluding steroid dienone is 2. The van der Waals surface area contributed by atoms with Crippen LogP contribution in [0.3, 0.4) is 0 Å². The van der Waals surface area contributed by atoms with Crippen molar-refractivity contribution in [2.24, 2.45) is 0 Å². The Labute approximate surface area is 125 Å².